The highest BCUT2D eigenvalue weighted by Crippen LogP contribution is 2.51. The summed E-state index contributed by atoms with van der Waals surface area (Å²) in [7, 11) is 0. The Bertz CT molecular complexity index is 3190. The first kappa shape index (κ1) is 37.8. The molecule has 0 saturated carbocycles. The van der Waals surface area contributed by atoms with E-state index in [2.05, 4.69) is 242 Å². The lowest BCUT2D eigenvalue weighted by Crippen LogP contribution is -2.59. The van der Waals surface area contributed by atoms with Crippen molar-refractivity contribution in [3.8, 4) is 23.0 Å². The van der Waals surface area contributed by atoms with Crippen LogP contribution in [-0.2, 0) is 5.41 Å². The number of benzene rings is 9. The Morgan fingerprint density at radius 2 is 0.938 bits per heavy atom. The van der Waals surface area contributed by atoms with Crippen LogP contribution in [0.4, 0.5) is 51.2 Å². The first-order valence-corrected chi connectivity index (χ1v) is 22.0. The van der Waals surface area contributed by atoms with E-state index in [1.165, 1.54) is 22.1 Å². The number of nitrogens with zero attached hydrogens (tertiary/aromatic N) is 3. The average molecular weight is 826 g/mol. The first-order valence-electron chi connectivity index (χ1n) is 22.0. The number of para-hydroxylation sites is 4. The van der Waals surface area contributed by atoms with Crippen molar-refractivity contribution in [2.75, 3.05) is 14.7 Å². The monoisotopic (exact) mass is 825 g/mol. The predicted octanol–water partition coefficient (Wildman–Crippen LogP) is 13.8. The first-order chi connectivity index (χ1) is 31.4. The molecule has 64 heavy (non-hydrogen) atoms. The quantitative estimate of drug-likeness (QED) is 0.149. The standard InChI is InChI=1S/C58H44BN3O2/c1-39-26-28-43(29-27-39)61(44-32-35-54-48(36-44)58(2,3)47-22-13-14-24-53(47)63-54)46-31-34-50-56(38-46)64-55-25-15-23-51-57(55)59(50)49-33-30-45(37-52(49)62(51)42-20-11-6-12-21-42)60(40-16-7-4-8-17-40)41-18-9-5-10-19-41/h4-38H,1-3H3. The number of ether oxygens (including phenoxy) is 2. The normalized spacial score (nSPS) is 13.5. The third kappa shape index (κ3) is 6.09. The minimum atomic E-state index is -0.263. The van der Waals surface area contributed by atoms with Gasteiger partial charge in [-0.15, -0.1) is 0 Å². The van der Waals surface area contributed by atoms with Crippen molar-refractivity contribution in [3.05, 3.63) is 229 Å². The maximum Gasteiger partial charge on any atom is 0.256 e. The van der Waals surface area contributed by atoms with Gasteiger partial charge in [-0.3, -0.25) is 0 Å². The summed E-state index contributed by atoms with van der Waals surface area (Å²) in [4.78, 5) is 7.09. The highest BCUT2D eigenvalue weighted by Gasteiger charge is 2.42. The zero-order chi connectivity index (χ0) is 42.9. The number of hydrogen-bond acceptors (Lipinski definition) is 5. The smallest absolute Gasteiger partial charge is 0.256 e. The van der Waals surface area contributed by atoms with Crippen LogP contribution in [0, 0.1) is 6.92 Å². The molecule has 0 aliphatic carbocycles. The molecule has 0 N–H and O–H groups in total. The van der Waals surface area contributed by atoms with E-state index in [0.717, 1.165) is 85.2 Å². The van der Waals surface area contributed by atoms with Gasteiger partial charge >= 0.3 is 0 Å². The van der Waals surface area contributed by atoms with Gasteiger partial charge in [-0.25, -0.2) is 0 Å². The minimum absolute atomic E-state index is 0.0653. The third-order valence-electron chi connectivity index (χ3n) is 13.2. The lowest BCUT2D eigenvalue weighted by Gasteiger charge is -2.41. The second-order valence-electron chi connectivity index (χ2n) is 17.4. The SMILES string of the molecule is Cc1ccc(N(c2ccc3c(c2)Oc2cccc4c2B3c2ccc(N(c3ccccc3)c3ccccc3)cc2N4c2ccccc2)c2ccc3c(c2)C(C)(C)c2ccccc2O3)cc1. The van der Waals surface area contributed by atoms with Crippen LogP contribution in [0.1, 0.15) is 30.5 Å². The molecule has 9 aromatic carbocycles. The van der Waals surface area contributed by atoms with Gasteiger partial charge < -0.3 is 24.2 Å². The Kier molecular flexibility index (Phi) is 8.77. The molecule has 3 heterocycles. The van der Waals surface area contributed by atoms with E-state index in [1.807, 2.05) is 6.07 Å². The molecule has 0 unspecified atom stereocenters. The minimum Gasteiger partial charge on any atom is -0.458 e. The van der Waals surface area contributed by atoms with Crippen molar-refractivity contribution < 1.29 is 9.47 Å². The fourth-order valence-corrected chi connectivity index (χ4v) is 10.1. The maximum atomic E-state index is 7.06. The summed E-state index contributed by atoms with van der Waals surface area (Å²) in [5, 5.41) is 0. The van der Waals surface area contributed by atoms with E-state index in [1.54, 1.807) is 0 Å². The summed E-state index contributed by atoms with van der Waals surface area (Å²) in [6.07, 6.45) is 0. The van der Waals surface area contributed by atoms with Crippen LogP contribution >= 0.6 is 0 Å². The molecule has 0 radical (unpaired) electrons. The molecule has 12 rings (SSSR count). The molecule has 9 aromatic rings. The molecule has 0 saturated heterocycles. The number of aryl methyl sites for hydroxylation is 1. The van der Waals surface area contributed by atoms with Gasteiger partial charge in [-0.1, -0.05) is 123 Å². The topological polar surface area (TPSA) is 28.2 Å². The van der Waals surface area contributed by atoms with Crippen LogP contribution in [0.5, 0.6) is 23.0 Å². The lowest BCUT2D eigenvalue weighted by atomic mass is 9.34. The van der Waals surface area contributed by atoms with Crippen molar-refractivity contribution in [2.24, 2.45) is 0 Å². The fraction of sp³-hybridized carbons (Fsp3) is 0.0690. The highest BCUT2D eigenvalue weighted by molar-refractivity contribution is 6.99. The molecule has 0 aromatic heterocycles. The van der Waals surface area contributed by atoms with Gasteiger partial charge in [0.15, 0.2) is 0 Å². The molecule has 0 amide bonds. The molecule has 0 atom stereocenters. The van der Waals surface area contributed by atoms with E-state index < -0.39 is 0 Å². The van der Waals surface area contributed by atoms with Crippen LogP contribution in [-0.4, -0.2) is 6.71 Å². The van der Waals surface area contributed by atoms with Crippen molar-refractivity contribution in [2.45, 2.75) is 26.2 Å². The maximum absolute atomic E-state index is 7.06. The van der Waals surface area contributed by atoms with Gasteiger partial charge in [0.05, 0.1) is 0 Å². The third-order valence-corrected chi connectivity index (χ3v) is 13.2. The van der Waals surface area contributed by atoms with Crippen molar-refractivity contribution in [1.29, 1.82) is 0 Å². The molecular weight excluding hydrogens is 781 g/mol. The number of rotatable bonds is 7. The zero-order valence-corrected chi connectivity index (χ0v) is 35.9. The molecule has 5 nitrogen and oxygen atoms in total. The van der Waals surface area contributed by atoms with E-state index in [0.29, 0.717) is 0 Å². The summed E-state index contributed by atoms with van der Waals surface area (Å²) in [6, 6.07) is 75.9. The molecule has 0 fully saturated rings. The van der Waals surface area contributed by atoms with Crippen molar-refractivity contribution >= 4 is 74.3 Å². The van der Waals surface area contributed by atoms with E-state index >= 15 is 0 Å². The Balaban J connectivity index is 1.02. The lowest BCUT2D eigenvalue weighted by molar-refractivity contribution is 0.418. The van der Waals surface area contributed by atoms with Crippen LogP contribution < -0.4 is 40.6 Å². The van der Waals surface area contributed by atoms with Crippen LogP contribution in [0.25, 0.3) is 0 Å². The zero-order valence-electron chi connectivity index (χ0n) is 35.9. The fourth-order valence-electron chi connectivity index (χ4n) is 10.1. The highest BCUT2D eigenvalue weighted by atomic mass is 16.5. The molecule has 3 aliphatic heterocycles. The van der Waals surface area contributed by atoms with E-state index in [-0.39, 0.29) is 12.1 Å². The van der Waals surface area contributed by atoms with E-state index in [4.69, 9.17) is 9.47 Å². The van der Waals surface area contributed by atoms with E-state index in [9.17, 15) is 0 Å². The summed E-state index contributed by atoms with van der Waals surface area (Å²) in [5.41, 5.74) is 16.5. The van der Waals surface area contributed by atoms with Gasteiger partial charge in [0, 0.05) is 73.8 Å². The number of fused-ring (bicyclic) bond motifs is 6. The average Bonchev–Trinajstić information content (AvgIpc) is 3.33. The molecule has 0 spiro atoms. The van der Waals surface area contributed by atoms with Gasteiger partial charge in [-0.05, 0) is 126 Å². The number of anilines is 9. The Morgan fingerprint density at radius 1 is 0.406 bits per heavy atom. The Hall–Kier alpha value is -7.96. The van der Waals surface area contributed by atoms with Gasteiger partial charge in [0.25, 0.3) is 6.71 Å². The molecule has 6 heteroatoms. The largest absolute Gasteiger partial charge is 0.458 e. The molecular formula is C58H44BN3O2. The summed E-state index contributed by atoms with van der Waals surface area (Å²) in [5.74, 6) is 3.51. The molecule has 0 bridgehead atoms. The summed E-state index contributed by atoms with van der Waals surface area (Å²) >= 11 is 0. The number of hydrogen-bond donors (Lipinski definition) is 0. The molecule has 3 aliphatic rings. The van der Waals surface area contributed by atoms with Crippen LogP contribution in [0.3, 0.4) is 0 Å². The van der Waals surface area contributed by atoms with Crippen molar-refractivity contribution in [1.82, 2.24) is 0 Å². The second-order valence-corrected chi connectivity index (χ2v) is 17.4. The predicted molar refractivity (Wildman–Crippen MR) is 265 cm³/mol. The summed E-state index contributed by atoms with van der Waals surface area (Å²) in [6.45, 7) is 6.64. The summed E-state index contributed by atoms with van der Waals surface area (Å²) < 4.78 is 13.6. The van der Waals surface area contributed by atoms with Crippen LogP contribution in [0.2, 0.25) is 0 Å². The van der Waals surface area contributed by atoms with Crippen molar-refractivity contribution in [3.63, 3.8) is 0 Å². The van der Waals surface area contributed by atoms with Gasteiger partial charge in [0.2, 0.25) is 0 Å². The second kappa shape index (κ2) is 14.9. The van der Waals surface area contributed by atoms with Gasteiger partial charge in [-0.2, -0.15) is 0 Å². The molecule has 306 valence electrons. The Morgan fingerprint density at radius 3 is 1.67 bits per heavy atom. The van der Waals surface area contributed by atoms with Gasteiger partial charge in [0.1, 0.15) is 23.0 Å². The van der Waals surface area contributed by atoms with Crippen LogP contribution in [0.15, 0.2) is 212 Å². The Labute approximate surface area is 375 Å².